The van der Waals surface area contributed by atoms with E-state index in [1.54, 1.807) is 19.4 Å². The summed E-state index contributed by atoms with van der Waals surface area (Å²) in [5.74, 6) is 1.36. The molecule has 7 heteroatoms. The Bertz CT molecular complexity index is 1320. The molecular formula is C28H28N4O3. The van der Waals surface area contributed by atoms with Gasteiger partial charge < -0.3 is 19.7 Å². The first-order valence-corrected chi connectivity index (χ1v) is 11.8. The molecule has 1 fully saturated rings. The monoisotopic (exact) mass is 468 g/mol. The predicted molar refractivity (Wildman–Crippen MR) is 136 cm³/mol. The Morgan fingerprint density at radius 3 is 2.97 bits per heavy atom. The third-order valence-electron chi connectivity index (χ3n) is 6.25. The van der Waals surface area contributed by atoms with Gasteiger partial charge in [-0.05, 0) is 41.6 Å². The lowest BCUT2D eigenvalue weighted by Crippen LogP contribution is -2.36. The maximum Gasteiger partial charge on any atom is 0.257 e. The van der Waals surface area contributed by atoms with Gasteiger partial charge in [-0.2, -0.15) is 0 Å². The maximum absolute atomic E-state index is 13.7. The lowest BCUT2D eigenvalue weighted by Gasteiger charge is -2.25. The summed E-state index contributed by atoms with van der Waals surface area (Å²) in [5, 5.41) is 5.59. The highest BCUT2D eigenvalue weighted by atomic mass is 16.5. The molecule has 1 aliphatic rings. The largest absolute Gasteiger partial charge is 0.497 e. The van der Waals surface area contributed by atoms with E-state index in [4.69, 9.17) is 9.47 Å². The average Bonchev–Trinajstić information content (AvgIpc) is 3.14. The summed E-state index contributed by atoms with van der Waals surface area (Å²) >= 11 is 0. The Kier molecular flexibility index (Phi) is 6.86. The molecule has 1 N–H and O–H groups in total. The summed E-state index contributed by atoms with van der Waals surface area (Å²) in [5.41, 5.74) is 2.51. The summed E-state index contributed by atoms with van der Waals surface area (Å²) in [6.07, 6.45) is 6.29. The van der Waals surface area contributed by atoms with E-state index in [0.29, 0.717) is 37.7 Å². The van der Waals surface area contributed by atoms with Gasteiger partial charge in [-0.15, -0.1) is 0 Å². The number of ether oxygens (including phenoxy) is 2. The Hall–Kier alpha value is -3.97. The number of benzene rings is 2. The highest BCUT2D eigenvalue weighted by Gasteiger charge is 2.26. The fraction of sp³-hybridized carbons (Fsp3) is 0.250. The molecule has 0 aliphatic carbocycles. The molecular weight excluding hydrogens is 440 g/mol. The minimum Gasteiger partial charge on any atom is -0.497 e. The first kappa shape index (κ1) is 22.8. The third kappa shape index (κ3) is 5.25. The standard InChI is InChI=1S/C28H28N4O3/c1-34-24-8-4-7-23(15-24)31-27-26(10-5-11-30-27)28(33)32-12-13-35-19-20(18-32)14-22-17-29-16-21-6-2-3-9-25(21)22/h2-11,15-17,20H,12-14,18-19H2,1H3,(H,30,31). The molecule has 0 saturated carbocycles. The number of hydrogen-bond acceptors (Lipinski definition) is 6. The number of fused-ring (bicyclic) bond motifs is 1. The SMILES string of the molecule is COc1cccc(Nc2ncccc2C(=O)N2CCOCC(Cc3cncc4ccccc34)C2)c1. The van der Waals surface area contributed by atoms with Crippen LogP contribution in [0, 0.1) is 5.92 Å². The summed E-state index contributed by atoms with van der Waals surface area (Å²) in [7, 11) is 1.63. The van der Waals surface area contributed by atoms with E-state index in [1.165, 1.54) is 10.9 Å². The second kappa shape index (κ2) is 10.5. The first-order chi connectivity index (χ1) is 17.2. The molecule has 35 heavy (non-hydrogen) atoms. The number of methoxy groups -OCH3 is 1. The number of pyridine rings is 2. The summed E-state index contributed by atoms with van der Waals surface area (Å²) in [4.78, 5) is 24.4. The van der Waals surface area contributed by atoms with Crippen molar-refractivity contribution in [1.29, 1.82) is 0 Å². The van der Waals surface area contributed by atoms with Gasteiger partial charge in [-0.1, -0.05) is 30.3 Å². The number of anilines is 2. The molecule has 0 radical (unpaired) electrons. The van der Waals surface area contributed by atoms with Crippen LogP contribution in [-0.2, 0) is 11.2 Å². The molecule has 2 aromatic heterocycles. The van der Waals surface area contributed by atoms with Gasteiger partial charge >= 0.3 is 0 Å². The third-order valence-corrected chi connectivity index (χ3v) is 6.25. The van der Waals surface area contributed by atoms with Gasteiger partial charge in [0.05, 0.1) is 25.9 Å². The fourth-order valence-corrected chi connectivity index (χ4v) is 4.53. The summed E-state index contributed by atoms with van der Waals surface area (Å²) in [6.45, 7) is 2.26. The number of rotatable bonds is 6. The molecule has 1 unspecified atom stereocenters. The highest BCUT2D eigenvalue weighted by molar-refractivity contribution is 5.99. The van der Waals surface area contributed by atoms with Crippen molar-refractivity contribution in [3.05, 3.63) is 90.4 Å². The fourth-order valence-electron chi connectivity index (χ4n) is 4.53. The zero-order valence-corrected chi connectivity index (χ0v) is 19.7. The number of aromatic nitrogens is 2. The molecule has 1 aliphatic heterocycles. The van der Waals surface area contributed by atoms with Crippen LogP contribution in [0.25, 0.3) is 10.8 Å². The van der Waals surface area contributed by atoms with Gasteiger partial charge in [0, 0.05) is 54.7 Å². The van der Waals surface area contributed by atoms with Crippen LogP contribution >= 0.6 is 0 Å². The highest BCUT2D eigenvalue weighted by Crippen LogP contribution is 2.25. The number of carbonyl (C=O) groups excluding carboxylic acids is 1. The molecule has 4 aromatic rings. The van der Waals surface area contributed by atoms with Crippen LogP contribution in [0.2, 0.25) is 0 Å². The molecule has 1 amide bonds. The van der Waals surface area contributed by atoms with Crippen LogP contribution in [0.1, 0.15) is 15.9 Å². The van der Waals surface area contributed by atoms with Crippen molar-refractivity contribution in [2.75, 3.05) is 38.7 Å². The second-order valence-corrected chi connectivity index (χ2v) is 8.67. The van der Waals surface area contributed by atoms with E-state index in [-0.39, 0.29) is 11.8 Å². The van der Waals surface area contributed by atoms with Gasteiger partial charge in [-0.3, -0.25) is 9.78 Å². The van der Waals surface area contributed by atoms with Crippen LogP contribution in [0.15, 0.2) is 79.3 Å². The maximum atomic E-state index is 13.7. The van der Waals surface area contributed by atoms with Crippen LogP contribution in [0.5, 0.6) is 5.75 Å². The van der Waals surface area contributed by atoms with Crippen molar-refractivity contribution in [2.24, 2.45) is 5.92 Å². The Balaban J connectivity index is 1.35. The molecule has 5 rings (SSSR count). The number of amides is 1. The number of hydrogen-bond donors (Lipinski definition) is 1. The number of carbonyl (C=O) groups is 1. The van der Waals surface area contributed by atoms with E-state index in [2.05, 4.69) is 27.4 Å². The van der Waals surface area contributed by atoms with Crippen LogP contribution in [-0.4, -0.2) is 54.2 Å². The number of nitrogens with zero attached hydrogens (tertiary/aromatic N) is 3. The van der Waals surface area contributed by atoms with Crippen molar-refractivity contribution in [1.82, 2.24) is 14.9 Å². The van der Waals surface area contributed by atoms with E-state index in [1.807, 2.05) is 59.8 Å². The quantitative estimate of drug-likeness (QED) is 0.442. The Labute approximate surface area is 204 Å². The molecule has 0 bridgehead atoms. The molecule has 7 nitrogen and oxygen atoms in total. The topological polar surface area (TPSA) is 76.6 Å². The van der Waals surface area contributed by atoms with Crippen molar-refractivity contribution < 1.29 is 14.3 Å². The van der Waals surface area contributed by atoms with Crippen molar-refractivity contribution in [3.8, 4) is 5.75 Å². The average molecular weight is 469 g/mol. The molecule has 1 atom stereocenters. The lowest BCUT2D eigenvalue weighted by atomic mass is 9.96. The minimum absolute atomic E-state index is 0.0601. The Morgan fingerprint density at radius 2 is 2.06 bits per heavy atom. The van der Waals surface area contributed by atoms with Gasteiger partial charge in [0.2, 0.25) is 0 Å². The van der Waals surface area contributed by atoms with Gasteiger partial charge in [0.15, 0.2) is 0 Å². The van der Waals surface area contributed by atoms with Crippen LogP contribution < -0.4 is 10.1 Å². The normalized spacial score (nSPS) is 16.0. The molecule has 1 saturated heterocycles. The minimum atomic E-state index is -0.0601. The van der Waals surface area contributed by atoms with Crippen molar-refractivity contribution in [3.63, 3.8) is 0 Å². The van der Waals surface area contributed by atoms with Gasteiger partial charge in [0.1, 0.15) is 11.6 Å². The van der Waals surface area contributed by atoms with Gasteiger partial charge in [-0.25, -0.2) is 4.98 Å². The van der Waals surface area contributed by atoms with Crippen molar-refractivity contribution in [2.45, 2.75) is 6.42 Å². The molecule has 0 spiro atoms. The molecule has 178 valence electrons. The molecule has 2 aromatic carbocycles. The van der Waals surface area contributed by atoms with Crippen LogP contribution in [0.3, 0.4) is 0 Å². The zero-order valence-electron chi connectivity index (χ0n) is 19.7. The van der Waals surface area contributed by atoms with E-state index in [0.717, 1.165) is 23.2 Å². The van der Waals surface area contributed by atoms with Crippen molar-refractivity contribution >= 4 is 28.2 Å². The van der Waals surface area contributed by atoms with Gasteiger partial charge in [0.25, 0.3) is 5.91 Å². The Morgan fingerprint density at radius 1 is 1.14 bits per heavy atom. The van der Waals surface area contributed by atoms with E-state index < -0.39 is 0 Å². The lowest BCUT2D eigenvalue weighted by molar-refractivity contribution is 0.0738. The number of nitrogens with one attached hydrogen (secondary N) is 1. The zero-order chi connectivity index (χ0) is 24.0. The predicted octanol–water partition coefficient (Wildman–Crippen LogP) is 4.71. The summed E-state index contributed by atoms with van der Waals surface area (Å²) in [6, 6.07) is 19.4. The molecule has 3 heterocycles. The smallest absolute Gasteiger partial charge is 0.257 e. The van der Waals surface area contributed by atoms with E-state index >= 15 is 0 Å². The van der Waals surface area contributed by atoms with Crippen LogP contribution in [0.4, 0.5) is 11.5 Å². The first-order valence-electron chi connectivity index (χ1n) is 11.8. The second-order valence-electron chi connectivity index (χ2n) is 8.67. The van der Waals surface area contributed by atoms with E-state index in [9.17, 15) is 4.79 Å². The summed E-state index contributed by atoms with van der Waals surface area (Å²) < 4.78 is 11.2.